The van der Waals surface area contributed by atoms with Crippen molar-refractivity contribution in [3.63, 3.8) is 0 Å². The van der Waals surface area contributed by atoms with Crippen LogP contribution >= 0.6 is 12.4 Å². The number of rotatable bonds is 7. The van der Waals surface area contributed by atoms with Crippen molar-refractivity contribution in [2.24, 2.45) is 5.92 Å². The van der Waals surface area contributed by atoms with Gasteiger partial charge in [0.1, 0.15) is 0 Å². The molecule has 1 atom stereocenters. The summed E-state index contributed by atoms with van der Waals surface area (Å²) in [4.78, 5) is 24.1. The molecule has 0 aliphatic carbocycles. The van der Waals surface area contributed by atoms with Gasteiger partial charge in [0, 0.05) is 6.54 Å². The summed E-state index contributed by atoms with van der Waals surface area (Å²) in [6.07, 6.45) is 3.71. The smallest absolute Gasteiger partial charge is 0.239 e. The van der Waals surface area contributed by atoms with Crippen molar-refractivity contribution in [3.05, 3.63) is 48.0 Å². The van der Waals surface area contributed by atoms with Gasteiger partial charge in [-0.2, -0.15) is 0 Å². The molecule has 0 saturated carbocycles. The lowest BCUT2D eigenvalue weighted by Gasteiger charge is -2.22. The molecule has 2 aromatic carbocycles. The second kappa shape index (κ2) is 10.9. The molecule has 1 aliphatic heterocycles. The zero-order valence-corrected chi connectivity index (χ0v) is 16.3. The van der Waals surface area contributed by atoms with Crippen LogP contribution in [0.2, 0.25) is 0 Å². The van der Waals surface area contributed by atoms with E-state index in [1.807, 2.05) is 42.5 Å². The van der Waals surface area contributed by atoms with Crippen LogP contribution in [0.3, 0.4) is 0 Å². The Morgan fingerprint density at radius 1 is 1.04 bits per heavy atom. The zero-order chi connectivity index (χ0) is 18.2. The van der Waals surface area contributed by atoms with Gasteiger partial charge in [0.15, 0.2) is 0 Å². The summed E-state index contributed by atoms with van der Waals surface area (Å²) >= 11 is 0. The molecule has 1 heterocycles. The standard InChI is InChI=1S/C21H27N3O2.ClH/c25-20(13-18-8-3-7-17-6-1-2-9-19(17)18)24-15-21(26)23-12-10-16-5-4-11-22-14-16;/h1-3,6-9,16,22H,4-5,10-15H2,(H,23,26)(H,24,25);1H. The number of carbonyl (C=O) groups is 2. The molecule has 0 spiro atoms. The molecule has 1 unspecified atom stereocenters. The van der Waals surface area contributed by atoms with E-state index < -0.39 is 0 Å². The van der Waals surface area contributed by atoms with E-state index in [0.717, 1.165) is 35.8 Å². The molecule has 0 bridgehead atoms. The number of nitrogens with one attached hydrogen (secondary N) is 3. The number of hydrogen-bond donors (Lipinski definition) is 3. The van der Waals surface area contributed by atoms with Crippen molar-refractivity contribution in [2.75, 3.05) is 26.2 Å². The van der Waals surface area contributed by atoms with Gasteiger partial charge >= 0.3 is 0 Å². The van der Waals surface area contributed by atoms with Crippen molar-refractivity contribution < 1.29 is 9.59 Å². The van der Waals surface area contributed by atoms with E-state index in [1.54, 1.807) is 0 Å². The second-order valence-electron chi connectivity index (χ2n) is 6.94. The lowest BCUT2D eigenvalue weighted by molar-refractivity contribution is -0.125. The third kappa shape index (κ3) is 6.52. The average Bonchev–Trinajstić information content (AvgIpc) is 2.67. The van der Waals surface area contributed by atoms with Crippen LogP contribution in [-0.2, 0) is 16.0 Å². The van der Waals surface area contributed by atoms with Gasteiger partial charge in [-0.1, -0.05) is 42.5 Å². The Morgan fingerprint density at radius 2 is 1.85 bits per heavy atom. The first kappa shape index (κ1) is 21.2. The topological polar surface area (TPSA) is 70.2 Å². The molecule has 3 rings (SSSR count). The largest absolute Gasteiger partial charge is 0.355 e. The first-order chi connectivity index (χ1) is 12.7. The SMILES string of the molecule is Cl.O=C(CNC(=O)Cc1cccc2ccccc12)NCCC1CCCNC1. The van der Waals surface area contributed by atoms with E-state index in [-0.39, 0.29) is 37.2 Å². The van der Waals surface area contributed by atoms with Crippen LogP contribution < -0.4 is 16.0 Å². The molecule has 27 heavy (non-hydrogen) atoms. The summed E-state index contributed by atoms with van der Waals surface area (Å²) < 4.78 is 0. The molecule has 1 aliphatic rings. The number of hydrogen-bond acceptors (Lipinski definition) is 3. The quantitative estimate of drug-likeness (QED) is 0.681. The fraction of sp³-hybridized carbons (Fsp3) is 0.429. The van der Waals surface area contributed by atoms with Crippen LogP contribution in [0, 0.1) is 5.92 Å². The molecule has 146 valence electrons. The Kier molecular flexibility index (Phi) is 8.55. The fourth-order valence-corrected chi connectivity index (χ4v) is 3.51. The normalized spacial score (nSPS) is 16.4. The maximum Gasteiger partial charge on any atom is 0.239 e. The number of halogens is 1. The monoisotopic (exact) mass is 389 g/mol. The molecule has 1 fully saturated rings. The van der Waals surface area contributed by atoms with E-state index in [1.165, 1.54) is 12.8 Å². The van der Waals surface area contributed by atoms with Crippen LogP contribution in [0.25, 0.3) is 10.8 Å². The Balaban J connectivity index is 0.00000261. The highest BCUT2D eigenvalue weighted by atomic mass is 35.5. The first-order valence-electron chi connectivity index (χ1n) is 9.43. The number of fused-ring (bicyclic) bond motifs is 1. The minimum atomic E-state index is -0.131. The number of amides is 2. The highest BCUT2D eigenvalue weighted by Crippen LogP contribution is 2.18. The Morgan fingerprint density at radius 3 is 2.67 bits per heavy atom. The Hall–Kier alpha value is -2.11. The van der Waals surface area contributed by atoms with Crippen LogP contribution in [0.15, 0.2) is 42.5 Å². The van der Waals surface area contributed by atoms with Crippen LogP contribution in [0.4, 0.5) is 0 Å². The fourth-order valence-electron chi connectivity index (χ4n) is 3.51. The van der Waals surface area contributed by atoms with Gasteiger partial charge in [-0.05, 0) is 54.6 Å². The summed E-state index contributed by atoms with van der Waals surface area (Å²) in [5, 5.41) is 11.2. The molecule has 6 heteroatoms. The van der Waals surface area contributed by atoms with E-state index in [4.69, 9.17) is 0 Å². The molecule has 2 aromatic rings. The predicted molar refractivity (Wildman–Crippen MR) is 111 cm³/mol. The Labute approximate surface area is 166 Å². The van der Waals surface area contributed by atoms with E-state index in [2.05, 4.69) is 16.0 Å². The third-order valence-electron chi connectivity index (χ3n) is 4.95. The van der Waals surface area contributed by atoms with Crippen LogP contribution in [0.1, 0.15) is 24.8 Å². The van der Waals surface area contributed by atoms with Gasteiger partial charge in [0.2, 0.25) is 11.8 Å². The maximum atomic E-state index is 12.2. The van der Waals surface area contributed by atoms with Crippen LogP contribution in [0.5, 0.6) is 0 Å². The molecule has 3 N–H and O–H groups in total. The molecule has 1 saturated heterocycles. The minimum absolute atomic E-state index is 0. The van der Waals surface area contributed by atoms with Crippen molar-refractivity contribution in [1.82, 2.24) is 16.0 Å². The summed E-state index contributed by atoms with van der Waals surface area (Å²) in [6, 6.07) is 14.0. The lowest BCUT2D eigenvalue weighted by atomic mass is 9.96. The molecular weight excluding hydrogens is 362 g/mol. The molecule has 0 radical (unpaired) electrons. The summed E-state index contributed by atoms with van der Waals surface area (Å²) in [7, 11) is 0. The van der Waals surface area contributed by atoms with Gasteiger partial charge < -0.3 is 16.0 Å². The molecular formula is C21H28ClN3O2. The van der Waals surface area contributed by atoms with E-state index in [9.17, 15) is 9.59 Å². The third-order valence-corrected chi connectivity index (χ3v) is 4.95. The summed E-state index contributed by atoms with van der Waals surface area (Å²) in [5.74, 6) is 0.387. The summed E-state index contributed by atoms with van der Waals surface area (Å²) in [6.45, 7) is 2.85. The van der Waals surface area contributed by atoms with Gasteiger partial charge in [0.05, 0.1) is 13.0 Å². The minimum Gasteiger partial charge on any atom is -0.355 e. The molecule has 2 amide bonds. The molecule has 5 nitrogen and oxygen atoms in total. The van der Waals surface area contributed by atoms with E-state index >= 15 is 0 Å². The average molecular weight is 390 g/mol. The van der Waals surface area contributed by atoms with Gasteiger partial charge in [-0.25, -0.2) is 0 Å². The van der Waals surface area contributed by atoms with Crippen molar-refractivity contribution in [3.8, 4) is 0 Å². The second-order valence-corrected chi connectivity index (χ2v) is 6.94. The number of piperidine rings is 1. The van der Waals surface area contributed by atoms with Gasteiger partial charge in [0.25, 0.3) is 0 Å². The first-order valence-corrected chi connectivity index (χ1v) is 9.43. The highest BCUT2D eigenvalue weighted by molar-refractivity contribution is 5.91. The maximum absolute atomic E-state index is 12.2. The Bertz CT molecular complexity index is 755. The van der Waals surface area contributed by atoms with Crippen molar-refractivity contribution in [2.45, 2.75) is 25.7 Å². The van der Waals surface area contributed by atoms with Crippen molar-refractivity contribution >= 4 is 35.0 Å². The van der Waals surface area contributed by atoms with Gasteiger partial charge in [-0.3, -0.25) is 9.59 Å². The highest BCUT2D eigenvalue weighted by Gasteiger charge is 2.13. The predicted octanol–water partition coefficient (Wildman–Crippen LogP) is 2.43. The van der Waals surface area contributed by atoms with E-state index in [0.29, 0.717) is 12.5 Å². The number of benzene rings is 2. The van der Waals surface area contributed by atoms with Gasteiger partial charge in [-0.15, -0.1) is 12.4 Å². The van der Waals surface area contributed by atoms with Crippen LogP contribution in [-0.4, -0.2) is 38.0 Å². The lowest BCUT2D eigenvalue weighted by Crippen LogP contribution is -2.39. The number of carbonyl (C=O) groups excluding carboxylic acids is 2. The summed E-state index contributed by atoms with van der Waals surface area (Å²) in [5.41, 5.74) is 0.978. The van der Waals surface area contributed by atoms with Crippen molar-refractivity contribution in [1.29, 1.82) is 0 Å². The molecule has 0 aromatic heterocycles. The zero-order valence-electron chi connectivity index (χ0n) is 15.5.